The van der Waals surface area contributed by atoms with Crippen LogP contribution in [0.1, 0.15) is 16.9 Å². The summed E-state index contributed by atoms with van der Waals surface area (Å²) >= 11 is 5.68. The molecule has 0 saturated heterocycles. The molecule has 98 valence electrons. The summed E-state index contributed by atoms with van der Waals surface area (Å²) in [7, 11) is 0. The van der Waals surface area contributed by atoms with Crippen LogP contribution in [0.2, 0.25) is 5.15 Å². The molecular formula is C11H11ClN6O. The molecule has 1 amide bonds. The van der Waals surface area contributed by atoms with E-state index in [1.54, 1.807) is 21.8 Å². The number of hydrogen-bond acceptors (Lipinski definition) is 5. The molecule has 2 aromatic heterocycles. The van der Waals surface area contributed by atoms with Crippen LogP contribution in [-0.2, 0) is 6.54 Å². The number of nitrogens with two attached hydrogens (primary N) is 1. The molecule has 2 aromatic rings. The standard InChI is InChI=1S/C11H11ClN6O/c12-7-6-14-9(10(13)16-7)11(19)17-4-1-5-18-8(17)2-3-15-18/h2-3,6H,1,4-5H2,(H2,13,16). The number of hydrogen-bond donors (Lipinski definition) is 1. The van der Waals surface area contributed by atoms with Crippen LogP contribution in [0.25, 0.3) is 0 Å². The van der Waals surface area contributed by atoms with E-state index in [-0.39, 0.29) is 22.6 Å². The summed E-state index contributed by atoms with van der Waals surface area (Å²) < 4.78 is 1.78. The molecule has 0 unspecified atom stereocenters. The highest BCUT2D eigenvalue weighted by atomic mass is 35.5. The first-order chi connectivity index (χ1) is 9.16. The number of carbonyl (C=O) groups is 1. The Morgan fingerprint density at radius 1 is 1.42 bits per heavy atom. The van der Waals surface area contributed by atoms with Crippen molar-refractivity contribution in [2.75, 3.05) is 17.2 Å². The number of amides is 1. The highest BCUT2D eigenvalue weighted by Gasteiger charge is 2.26. The molecule has 7 nitrogen and oxygen atoms in total. The van der Waals surface area contributed by atoms with Crippen molar-refractivity contribution in [1.82, 2.24) is 19.7 Å². The van der Waals surface area contributed by atoms with Gasteiger partial charge in [-0.05, 0) is 6.42 Å². The average Bonchev–Trinajstić information content (AvgIpc) is 2.86. The van der Waals surface area contributed by atoms with Crippen molar-refractivity contribution in [3.05, 3.63) is 29.3 Å². The van der Waals surface area contributed by atoms with Gasteiger partial charge in [-0.1, -0.05) is 11.6 Å². The third kappa shape index (κ3) is 2.01. The Morgan fingerprint density at radius 3 is 3.05 bits per heavy atom. The number of carbonyl (C=O) groups excluding carboxylic acids is 1. The number of aryl methyl sites for hydroxylation is 1. The summed E-state index contributed by atoms with van der Waals surface area (Å²) in [4.78, 5) is 21.9. The zero-order valence-electron chi connectivity index (χ0n) is 9.95. The van der Waals surface area contributed by atoms with E-state index in [0.29, 0.717) is 6.54 Å². The van der Waals surface area contributed by atoms with Crippen LogP contribution in [0.15, 0.2) is 18.5 Å². The zero-order chi connectivity index (χ0) is 13.4. The number of anilines is 2. The molecule has 19 heavy (non-hydrogen) atoms. The lowest BCUT2D eigenvalue weighted by atomic mass is 10.2. The second-order valence-electron chi connectivity index (χ2n) is 4.15. The molecule has 8 heteroatoms. The van der Waals surface area contributed by atoms with E-state index in [4.69, 9.17) is 17.3 Å². The molecule has 0 aliphatic carbocycles. The highest BCUT2D eigenvalue weighted by Crippen LogP contribution is 2.22. The van der Waals surface area contributed by atoms with Crippen LogP contribution in [0.5, 0.6) is 0 Å². The van der Waals surface area contributed by atoms with Crippen LogP contribution < -0.4 is 10.6 Å². The van der Waals surface area contributed by atoms with Gasteiger partial charge in [-0.25, -0.2) is 14.6 Å². The predicted octanol–water partition coefficient (Wildman–Crippen LogP) is 0.959. The fourth-order valence-electron chi connectivity index (χ4n) is 2.10. The molecule has 2 N–H and O–H groups in total. The van der Waals surface area contributed by atoms with Crippen molar-refractivity contribution in [2.24, 2.45) is 0 Å². The second-order valence-corrected chi connectivity index (χ2v) is 4.54. The Labute approximate surface area is 114 Å². The minimum Gasteiger partial charge on any atom is -0.382 e. The summed E-state index contributed by atoms with van der Waals surface area (Å²) in [6.45, 7) is 1.40. The Hall–Kier alpha value is -2.15. The Bertz CT molecular complexity index is 640. The van der Waals surface area contributed by atoms with Crippen LogP contribution >= 0.6 is 11.6 Å². The summed E-state index contributed by atoms with van der Waals surface area (Å²) in [6.07, 6.45) is 3.81. The van der Waals surface area contributed by atoms with Gasteiger partial charge < -0.3 is 5.73 Å². The highest BCUT2D eigenvalue weighted by molar-refractivity contribution is 6.29. The Morgan fingerprint density at radius 2 is 2.26 bits per heavy atom. The minimum absolute atomic E-state index is 0.0362. The summed E-state index contributed by atoms with van der Waals surface area (Å²) in [5, 5.41) is 4.32. The van der Waals surface area contributed by atoms with Gasteiger partial charge in [-0.15, -0.1) is 0 Å². The molecule has 0 spiro atoms. The Balaban J connectivity index is 1.98. The van der Waals surface area contributed by atoms with Gasteiger partial charge in [0.1, 0.15) is 11.0 Å². The van der Waals surface area contributed by atoms with Crippen molar-refractivity contribution in [3.8, 4) is 0 Å². The first-order valence-corrected chi connectivity index (χ1v) is 6.16. The lowest BCUT2D eigenvalue weighted by Crippen LogP contribution is -2.38. The summed E-state index contributed by atoms with van der Waals surface area (Å²) in [6, 6.07) is 1.79. The molecule has 3 rings (SSSR count). The molecule has 0 bridgehead atoms. The van der Waals surface area contributed by atoms with Gasteiger partial charge in [0.05, 0.1) is 12.4 Å². The average molecular weight is 279 g/mol. The molecular weight excluding hydrogens is 268 g/mol. The number of fused-ring (bicyclic) bond motifs is 1. The SMILES string of the molecule is Nc1nc(Cl)cnc1C(=O)N1CCCn2nccc21. The topological polar surface area (TPSA) is 89.9 Å². The van der Waals surface area contributed by atoms with Gasteiger partial charge in [0.15, 0.2) is 11.5 Å². The maximum atomic E-state index is 12.5. The molecule has 0 radical (unpaired) electrons. The number of nitrogens with zero attached hydrogens (tertiary/aromatic N) is 5. The second kappa shape index (κ2) is 4.51. The number of nitrogen functional groups attached to an aromatic ring is 1. The van der Waals surface area contributed by atoms with Gasteiger partial charge in [-0.2, -0.15) is 5.10 Å². The van der Waals surface area contributed by atoms with Gasteiger partial charge >= 0.3 is 0 Å². The smallest absolute Gasteiger partial charge is 0.281 e. The van der Waals surface area contributed by atoms with Gasteiger partial charge in [0.2, 0.25) is 0 Å². The molecule has 3 heterocycles. The van der Waals surface area contributed by atoms with Crippen molar-refractivity contribution in [1.29, 1.82) is 0 Å². The first-order valence-electron chi connectivity index (χ1n) is 5.78. The van der Waals surface area contributed by atoms with E-state index in [1.807, 2.05) is 0 Å². The first kappa shape index (κ1) is 11.9. The zero-order valence-corrected chi connectivity index (χ0v) is 10.7. The van der Waals surface area contributed by atoms with Crippen LogP contribution in [0, 0.1) is 0 Å². The lowest BCUT2D eigenvalue weighted by molar-refractivity contribution is 0.0977. The third-order valence-corrected chi connectivity index (χ3v) is 3.12. The van der Waals surface area contributed by atoms with E-state index in [0.717, 1.165) is 18.8 Å². The van der Waals surface area contributed by atoms with Gasteiger partial charge in [0.25, 0.3) is 5.91 Å². The summed E-state index contributed by atoms with van der Waals surface area (Å²) in [5.41, 5.74) is 5.81. The largest absolute Gasteiger partial charge is 0.382 e. The quantitative estimate of drug-likeness (QED) is 0.839. The number of aromatic nitrogens is 4. The maximum absolute atomic E-state index is 12.5. The van der Waals surface area contributed by atoms with E-state index < -0.39 is 0 Å². The van der Waals surface area contributed by atoms with Gasteiger partial charge in [0, 0.05) is 19.2 Å². The van der Waals surface area contributed by atoms with E-state index in [1.165, 1.54) is 6.20 Å². The van der Waals surface area contributed by atoms with E-state index in [9.17, 15) is 4.79 Å². The maximum Gasteiger partial charge on any atom is 0.281 e. The fourth-order valence-corrected chi connectivity index (χ4v) is 2.24. The predicted molar refractivity (Wildman–Crippen MR) is 70.0 cm³/mol. The van der Waals surface area contributed by atoms with E-state index >= 15 is 0 Å². The molecule has 0 aromatic carbocycles. The third-order valence-electron chi connectivity index (χ3n) is 2.94. The van der Waals surface area contributed by atoms with Gasteiger partial charge in [-0.3, -0.25) is 9.69 Å². The van der Waals surface area contributed by atoms with Crippen LogP contribution in [0.4, 0.5) is 11.6 Å². The van der Waals surface area contributed by atoms with Crippen molar-refractivity contribution in [2.45, 2.75) is 13.0 Å². The van der Waals surface area contributed by atoms with Crippen LogP contribution in [0.3, 0.4) is 0 Å². The molecule has 0 atom stereocenters. The minimum atomic E-state index is -0.289. The Kier molecular flexibility index (Phi) is 2.83. The monoisotopic (exact) mass is 278 g/mol. The molecule has 1 aliphatic heterocycles. The van der Waals surface area contributed by atoms with Crippen molar-refractivity contribution in [3.63, 3.8) is 0 Å². The summed E-state index contributed by atoms with van der Waals surface area (Å²) in [5.74, 6) is 0.490. The normalized spacial score (nSPS) is 14.3. The molecule has 1 aliphatic rings. The molecule has 0 fully saturated rings. The van der Waals surface area contributed by atoms with Crippen molar-refractivity contribution < 1.29 is 4.79 Å². The van der Waals surface area contributed by atoms with Crippen LogP contribution in [-0.4, -0.2) is 32.2 Å². The van der Waals surface area contributed by atoms with E-state index in [2.05, 4.69) is 15.1 Å². The number of rotatable bonds is 1. The van der Waals surface area contributed by atoms with Crippen molar-refractivity contribution >= 4 is 29.1 Å². The lowest BCUT2D eigenvalue weighted by Gasteiger charge is -2.27. The number of halogens is 1. The molecule has 0 saturated carbocycles. The fraction of sp³-hybridized carbons (Fsp3) is 0.273.